The first-order chi connectivity index (χ1) is 11.0. The van der Waals surface area contributed by atoms with E-state index in [2.05, 4.69) is 15.7 Å². The molecule has 0 unspecified atom stereocenters. The Morgan fingerprint density at radius 3 is 2.83 bits per heavy atom. The second kappa shape index (κ2) is 6.49. The molecule has 1 aliphatic rings. The number of amides is 2. The second-order valence-corrected chi connectivity index (χ2v) is 6.73. The Balaban J connectivity index is 1.66. The summed E-state index contributed by atoms with van der Waals surface area (Å²) in [4.78, 5) is 12.1. The Hall–Kier alpha value is -2.22. The fourth-order valence-electron chi connectivity index (χ4n) is 2.57. The summed E-state index contributed by atoms with van der Waals surface area (Å²) in [5.41, 5.74) is 1.39. The van der Waals surface area contributed by atoms with Crippen molar-refractivity contribution in [1.82, 2.24) is 9.78 Å². The Kier molecular flexibility index (Phi) is 4.42. The van der Waals surface area contributed by atoms with Gasteiger partial charge in [-0.25, -0.2) is 9.18 Å². The van der Waals surface area contributed by atoms with Gasteiger partial charge in [0.05, 0.1) is 15.7 Å². The number of aryl methyl sites for hydroxylation is 2. The molecule has 3 rings (SSSR count). The number of carbonyl (C=O) groups is 1. The molecule has 0 bridgehead atoms. The third kappa shape index (κ3) is 3.58. The van der Waals surface area contributed by atoms with E-state index in [1.54, 1.807) is 0 Å². The maximum Gasteiger partial charge on any atom is 0.324 e. The van der Waals surface area contributed by atoms with Gasteiger partial charge in [0.25, 0.3) is 0 Å². The number of fused-ring (bicyclic) bond motifs is 1. The van der Waals surface area contributed by atoms with Crippen molar-refractivity contribution in [2.75, 3.05) is 16.9 Å². The first-order valence-corrected chi connectivity index (χ1v) is 8.86. The van der Waals surface area contributed by atoms with Gasteiger partial charge in [-0.15, -0.1) is 0 Å². The van der Waals surface area contributed by atoms with Crippen LogP contribution in [0.1, 0.15) is 18.5 Å². The molecule has 6 nitrogen and oxygen atoms in total. The van der Waals surface area contributed by atoms with Gasteiger partial charge in [-0.3, -0.25) is 14.2 Å². The van der Waals surface area contributed by atoms with Gasteiger partial charge in [0, 0.05) is 30.2 Å². The molecule has 2 N–H and O–H groups in total. The van der Waals surface area contributed by atoms with Crippen molar-refractivity contribution in [2.24, 2.45) is 0 Å². The number of halogens is 1. The lowest BCUT2D eigenvalue weighted by Gasteiger charge is -2.11. The highest BCUT2D eigenvalue weighted by atomic mass is 32.2. The van der Waals surface area contributed by atoms with Gasteiger partial charge in [-0.1, -0.05) is 0 Å². The standard InChI is InChI=1S/C15H17FN4O2S/c1-23(22)13-6-5-10(8-12(13)16)17-15(21)18-14-9-11-4-2-3-7-20(11)19-14/h5-6,8-9H,2-4,7H2,1H3,(H2,17,18,19,21)/t23-/m0/s1. The van der Waals surface area contributed by atoms with Crippen LogP contribution in [0.5, 0.6) is 0 Å². The molecule has 1 aromatic carbocycles. The lowest BCUT2D eigenvalue weighted by Crippen LogP contribution is -2.20. The third-order valence-corrected chi connectivity index (χ3v) is 4.61. The summed E-state index contributed by atoms with van der Waals surface area (Å²) in [5.74, 6) is -0.132. The molecule has 1 aromatic heterocycles. The number of anilines is 2. The molecule has 0 saturated carbocycles. The highest BCUT2D eigenvalue weighted by Crippen LogP contribution is 2.19. The normalized spacial score (nSPS) is 14.9. The monoisotopic (exact) mass is 336 g/mol. The van der Waals surface area contributed by atoms with E-state index < -0.39 is 22.6 Å². The molecule has 122 valence electrons. The molecule has 0 aliphatic carbocycles. The molecular weight excluding hydrogens is 319 g/mol. The van der Waals surface area contributed by atoms with Crippen molar-refractivity contribution in [1.29, 1.82) is 0 Å². The van der Waals surface area contributed by atoms with Crippen LogP contribution in [-0.4, -0.2) is 26.3 Å². The van der Waals surface area contributed by atoms with E-state index in [-0.39, 0.29) is 10.6 Å². The number of carbonyl (C=O) groups excluding carboxylic acids is 1. The third-order valence-electron chi connectivity index (χ3n) is 3.66. The Bertz CT molecular complexity index is 751. The number of benzene rings is 1. The van der Waals surface area contributed by atoms with Crippen molar-refractivity contribution < 1.29 is 13.4 Å². The minimum absolute atomic E-state index is 0.109. The van der Waals surface area contributed by atoms with Gasteiger partial charge in [-0.05, 0) is 37.5 Å². The average molecular weight is 336 g/mol. The summed E-state index contributed by atoms with van der Waals surface area (Å²) < 4.78 is 26.9. The van der Waals surface area contributed by atoms with Gasteiger partial charge in [0.2, 0.25) is 0 Å². The van der Waals surface area contributed by atoms with Crippen molar-refractivity contribution in [3.05, 3.63) is 35.8 Å². The van der Waals surface area contributed by atoms with E-state index in [1.807, 2.05) is 10.7 Å². The number of nitrogens with zero attached hydrogens (tertiary/aromatic N) is 2. The van der Waals surface area contributed by atoms with Crippen molar-refractivity contribution in [2.45, 2.75) is 30.7 Å². The molecule has 2 heterocycles. The number of rotatable bonds is 3. The molecular formula is C15H17FN4O2S. The van der Waals surface area contributed by atoms with Crippen molar-refractivity contribution >= 4 is 28.3 Å². The minimum Gasteiger partial charge on any atom is -0.308 e. The van der Waals surface area contributed by atoms with Crippen LogP contribution in [0.25, 0.3) is 0 Å². The molecule has 1 atom stereocenters. The Morgan fingerprint density at radius 1 is 1.30 bits per heavy atom. The van der Waals surface area contributed by atoms with E-state index in [0.29, 0.717) is 5.82 Å². The molecule has 2 aromatic rings. The smallest absolute Gasteiger partial charge is 0.308 e. The zero-order chi connectivity index (χ0) is 16.4. The van der Waals surface area contributed by atoms with Gasteiger partial charge in [0.1, 0.15) is 5.82 Å². The summed E-state index contributed by atoms with van der Waals surface area (Å²) in [6.45, 7) is 0.861. The van der Waals surface area contributed by atoms with E-state index in [0.717, 1.165) is 37.6 Å². The number of hydrogen-bond donors (Lipinski definition) is 2. The molecule has 23 heavy (non-hydrogen) atoms. The predicted octanol–water partition coefficient (Wildman–Crippen LogP) is 2.74. The fourth-order valence-corrected chi connectivity index (χ4v) is 3.16. The fraction of sp³-hybridized carbons (Fsp3) is 0.333. The van der Waals surface area contributed by atoms with E-state index in [4.69, 9.17) is 0 Å². The molecule has 2 amide bonds. The Morgan fingerprint density at radius 2 is 2.13 bits per heavy atom. The number of aromatic nitrogens is 2. The quantitative estimate of drug-likeness (QED) is 0.905. The van der Waals surface area contributed by atoms with Crippen LogP contribution in [0.2, 0.25) is 0 Å². The van der Waals surface area contributed by atoms with Crippen molar-refractivity contribution in [3.8, 4) is 0 Å². The topological polar surface area (TPSA) is 76.0 Å². The molecule has 8 heteroatoms. The van der Waals surface area contributed by atoms with Crippen LogP contribution in [0, 0.1) is 5.82 Å². The number of urea groups is 1. The minimum atomic E-state index is -1.41. The summed E-state index contributed by atoms with van der Waals surface area (Å²) in [5, 5.41) is 9.50. The van der Waals surface area contributed by atoms with Gasteiger partial charge in [0.15, 0.2) is 5.82 Å². The number of hydrogen-bond acceptors (Lipinski definition) is 3. The second-order valence-electron chi connectivity index (χ2n) is 5.38. The molecule has 0 saturated heterocycles. The molecule has 0 fully saturated rings. The summed E-state index contributed by atoms with van der Waals surface area (Å²) >= 11 is 0. The van der Waals surface area contributed by atoms with Crippen LogP contribution >= 0.6 is 0 Å². The Labute approximate surface area is 135 Å². The lowest BCUT2D eigenvalue weighted by molar-refractivity contribution is 0.262. The molecule has 1 aliphatic heterocycles. The SMILES string of the molecule is C[S@](=O)c1ccc(NC(=O)Nc2cc3n(n2)CCCC3)cc1F. The van der Waals surface area contributed by atoms with Gasteiger partial charge in [-0.2, -0.15) is 5.10 Å². The molecule has 0 radical (unpaired) electrons. The maximum absolute atomic E-state index is 13.8. The van der Waals surface area contributed by atoms with Crippen LogP contribution in [-0.2, 0) is 23.8 Å². The summed E-state index contributed by atoms with van der Waals surface area (Å²) in [6, 6.07) is 5.41. The van der Waals surface area contributed by atoms with E-state index >= 15 is 0 Å². The average Bonchev–Trinajstić information content (AvgIpc) is 2.88. The molecule has 0 spiro atoms. The summed E-state index contributed by atoms with van der Waals surface area (Å²) in [7, 11) is -1.41. The highest BCUT2D eigenvalue weighted by Gasteiger charge is 2.14. The van der Waals surface area contributed by atoms with Crippen molar-refractivity contribution in [3.63, 3.8) is 0 Å². The van der Waals surface area contributed by atoms with Gasteiger partial charge >= 0.3 is 6.03 Å². The van der Waals surface area contributed by atoms with Gasteiger partial charge < -0.3 is 5.32 Å². The van der Waals surface area contributed by atoms with Crippen LogP contribution in [0.15, 0.2) is 29.2 Å². The lowest BCUT2D eigenvalue weighted by atomic mass is 10.1. The zero-order valence-corrected chi connectivity index (χ0v) is 13.5. The van der Waals surface area contributed by atoms with Crippen LogP contribution < -0.4 is 10.6 Å². The predicted molar refractivity (Wildman–Crippen MR) is 86.5 cm³/mol. The first-order valence-electron chi connectivity index (χ1n) is 7.30. The van der Waals surface area contributed by atoms with Crippen LogP contribution in [0.4, 0.5) is 20.7 Å². The summed E-state index contributed by atoms with van der Waals surface area (Å²) in [6.07, 6.45) is 4.57. The van der Waals surface area contributed by atoms with E-state index in [1.165, 1.54) is 18.4 Å². The van der Waals surface area contributed by atoms with E-state index in [9.17, 15) is 13.4 Å². The largest absolute Gasteiger partial charge is 0.324 e. The van der Waals surface area contributed by atoms with Crippen LogP contribution in [0.3, 0.4) is 0 Å². The maximum atomic E-state index is 13.8. The number of nitrogens with one attached hydrogen (secondary N) is 2. The first kappa shape index (κ1) is 15.7. The highest BCUT2D eigenvalue weighted by molar-refractivity contribution is 7.84. The zero-order valence-electron chi connectivity index (χ0n) is 12.6.